The summed E-state index contributed by atoms with van der Waals surface area (Å²) >= 11 is 0. The number of benzene rings is 1. The van der Waals surface area contributed by atoms with Gasteiger partial charge in [0.05, 0.1) is 6.04 Å². The van der Waals surface area contributed by atoms with Crippen molar-refractivity contribution >= 4 is 5.91 Å². The van der Waals surface area contributed by atoms with Gasteiger partial charge in [0.25, 0.3) is 0 Å². The van der Waals surface area contributed by atoms with Crippen LogP contribution in [0, 0.1) is 17.6 Å². The molecule has 2 unspecified atom stereocenters. The van der Waals surface area contributed by atoms with Crippen molar-refractivity contribution in [2.75, 3.05) is 0 Å². The molecule has 0 spiro atoms. The van der Waals surface area contributed by atoms with Crippen molar-refractivity contribution in [3.05, 3.63) is 35.4 Å². The van der Waals surface area contributed by atoms with Gasteiger partial charge in [-0.2, -0.15) is 0 Å². The summed E-state index contributed by atoms with van der Waals surface area (Å²) in [5, 5.41) is 2.61. The van der Waals surface area contributed by atoms with Crippen molar-refractivity contribution in [1.82, 2.24) is 5.32 Å². The molecule has 18 heavy (non-hydrogen) atoms. The highest BCUT2D eigenvalue weighted by Gasteiger charge is 2.18. The predicted octanol–water partition coefficient (Wildman–Crippen LogP) is 1.95. The highest BCUT2D eigenvalue weighted by Crippen LogP contribution is 2.09. The van der Waals surface area contributed by atoms with Crippen LogP contribution in [0.15, 0.2) is 18.2 Å². The fourth-order valence-corrected chi connectivity index (χ4v) is 1.47. The second-order valence-electron chi connectivity index (χ2n) is 4.38. The first-order chi connectivity index (χ1) is 8.45. The maximum atomic E-state index is 12.9. The van der Waals surface area contributed by atoms with E-state index < -0.39 is 17.7 Å². The second kappa shape index (κ2) is 6.44. The normalized spacial score (nSPS) is 14.1. The van der Waals surface area contributed by atoms with E-state index in [0.717, 1.165) is 18.6 Å². The molecule has 0 aliphatic rings. The Morgan fingerprint density at radius 1 is 1.39 bits per heavy atom. The zero-order chi connectivity index (χ0) is 13.7. The summed E-state index contributed by atoms with van der Waals surface area (Å²) in [6, 6.07) is 2.93. The summed E-state index contributed by atoms with van der Waals surface area (Å²) in [5.74, 6) is -2.03. The van der Waals surface area contributed by atoms with Crippen molar-refractivity contribution in [2.24, 2.45) is 11.7 Å². The molecule has 0 radical (unpaired) electrons. The van der Waals surface area contributed by atoms with E-state index in [0.29, 0.717) is 5.56 Å². The lowest BCUT2D eigenvalue weighted by atomic mass is 9.99. The molecule has 0 aliphatic carbocycles. The van der Waals surface area contributed by atoms with E-state index in [-0.39, 0.29) is 18.4 Å². The second-order valence-corrected chi connectivity index (χ2v) is 4.38. The first-order valence-corrected chi connectivity index (χ1v) is 5.93. The van der Waals surface area contributed by atoms with Crippen molar-refractivity contribution < 1.29 is 13.6 Å². The summed E-state index contributed by atoms with van der Waals surface area (Å²) in [7, 11) is 0. The van der Waals surface area contributed by atoms with Crippen LogP contribution in [0.4, 0.5) is 8.78 Å². The van der Waals surface area contributed by atoms with Gasteiger partial charge in [-0.3, -0.25) is 4.79 Å². The zero-order valence-corrected chi connectivity index (χ0v) is 10.5. The summed E-state index contributed by atoms with van der Waals surface area (Å²) in [5.41, 5.74) is 6.24. The average Bonchev–Trinajstić information content (AvgIpc) is 2.37. The fraction of sp³-hybridized carbons (Fsp3) is 0.462. The molecule has 1 amide bonds. The number of carbonyl (C=O) groups is 1. The Morgan fingerprint density at radius 2 is 2.06 bits per heavy atom. The topological polar surface area (TPSA) is 55.1 Å². The Labute approximate surface area is 105 Å². The number of amides is 1. The summed E-state index contributed by atoms with van der Waals surface area (Å²) < 4.78 is 25.6. The maximum absolute atomic E-state index is 12.9. The van der Waals surface area contributed by atoms with Crippen LogP contribution in [0.3, 0.4) is 0 Å². The Morgan fingerprint density at radius 3 is 2.61 bits per heavy atom. The highest BCUT2D eigenvalue weighted by molar-refractivity contribution is 5.81. The minimum absolute atomic E-state index is 0.0787. The number of carbonyl (C=O) groups excluding carboxylic acids is 1. The lowest BCUT2D eigenvalue weighted by Crippen LogP contribution is -2.44. The predicted molar refractivity (Wildman–Crippen MR) is 65.6 cm³/mol. The van der Waals surface area contributed by atoms with Crippen LogP contribution in [0.25, 0.3) is 0 Å². The SMILES string of the molecule is CCC(C)C(N)C(=O)NCc1ccc(F)c(F)c1. The molecule has 0 bridgehead atoms. The smallest absolute Gasteiger partial charge is 0.237 e. The van der Waals surface area contributed by atoms with Crippen LogP contribution in [0.2, 0.25) is 0 Å². The van der Waals surface area contributed by atoms with Gasteiger partial charge >= 0.3 is 0 Å². The average molecular weight is 256 g/mol. The molecule has 5 heteroatoms. The molecule has 1 aromatic rings. The standard InChI is InChI=1S/C13H18F2N2O/c1-3-8(2)12(16)13(18)17-7-9-4-5-10(14)11(15)6-9/h4-6,8,12H,3,7,16H2,1-2H3,(H,17,18). The van der Waals surface area contributed by atoms with Crippen molar-refractivity contribution in [3.63, 3.8) is 0 Å². The number of halogens is 2. The Hall–Kier alpha value is -1.49. The summed E-state index contributed by atoms with van der Waals surface area (Å²) in [6.07, 6.45) is 0.805. The van der Waals surface area contributed by atoms with E-state index in [1.54, 1.807) is 0 Å². The Balaban J connectivity index is 2.54. The van der Waals surface area contributed by atoms with Crippen molar-refractivity contribution in [1.29, 1.82) is 0 Å². The van der Waals surface area contributed by atoms with Gasteiger partial charge in [-0.15, -0.1) is 0 Å². The molecular formula is C13H18F2N2O. The molecule has 0 saturated heterocycles. The third-order valence-corrected chi connectivity index (χ3v) is 3.01. The van der Waals surface area contributed by atoms with Gasteiger partial charge in [-0.1, -0.05) is 26.3 Å². The van der Waals surface area contributed by atoms with E-state index >= 15 is 0 Å². The van der Waals surface area contributed by atoms with Gasteiger partial charge in [0, 0.05) is 6.54 Å². The van der Waals surface area contributed by atoms with Crippen LogP contribution in [-0.4, -0.2) is 11.9 Å². The van der Waals surface area contributed by atoms with Crippen LogP contribution in [0.1, 0.15) is 25.8 Å². The highest BCUT2D eigenvalue weighted by atomic mass is 19.2. The van der Waals surface area contributed by atoms with Gasteiger partial charge in [0.15, 0.2) is 11.6 Å². The number of hydrogen-bond acceptors (Lipinski definition) is 2. The first-order valence-electron chi connectivity index (χ1n) is 5.93. The van der Waals surface area contributed by atoms with Crippen LogP contribution < -0.4 is 11.1 Å². The quantitative estimate of drug-likeness (QED) is 0.846. The van der Waals surface area contributed by atoms with Gasteiger partial charge < -0.3 is 11.1 Å². The van der Waals surface area contributed by atoms with Crippen LogP contribution in [-0.2, 0) is 11.3 Å². The fourth-order valence-electron chi connectivity index (χ4n) is 1.47. The lowest BCUT2D eigenvalue weighted by Gasteiger charge is -2.17. The Bertz CT molecular complexity index is 423. The molecule has 1 aromatic carbocycles. The van der Waals surface area contributed by atoms with E-state index in [2.05, 4.69) is 5.32 Å². The van der Waals surface area contributed by atoms with Gasteiger partial charge in [-0.05, 0) is 23.6 Å². The van der Waals surface area contributed by atoms with E-state index in [4.69, 9.17) is 5.73 Å². The van der Waals surface area contributed by atoms with Gasteiger partial charge in [0.1, 0.15) is 0 Å². The van der Waals surface area contributed by atoms with Gasteiger partial charge in [-0.25, -0.2) is 8.78 Å². The maximum Gasteiger partial charge on any atom is 0.237 e. The summed E-state index contributed by atoms with van der Waals surface area (Å²) in [4.78, 5) is 11.7. The summed E-state index contributed by atoms with van der Waals surface area (Å²) in [6.45, 7) is 3.98. The third kappa shape index (κ3) is 3.77. The van der Waals surface area contributed by atoms with E-state index in [1.807, 2.05) is 13.8 Å². The Kier molecular flexibility index (Phi) is 5.22. The van der Waals surface area contributed by atoms with Gasteiger partial charge in [0.2, 0.25) is 5.91 Å². The largest absolute Gasteiger partial charge is 0.351 e. The number of nitrogens with two attached hydrogens (primary N) is 1. The lowest BCUT2D eigenvalue weighted by molar-refractivity contribution is -0.123. The number of hydrogen-bond donors (Lipinski definition) is 2. The zero-order valence-electron chi connectivity index (χ0n) is 10.5. The van der Waals surface area contributed by atoms with E-state index in [1.165, 1.54) is 6.07 Å². The molecule has 0 fully saturated rings. The van der Waals surface area contributed by atoms with Crippen molar-refractivity contribution in [2.45, 2.75) is 32.9 Å². The van der Waals surface area contributed by atoms with E-state index in [9.17, 15) is 13.6 Å². The minimum atomic E-state index is -0.923. The molecule has 0 aromatic heterocycles. The molecule has 2 atom stereocenters. The van der Waals surface area contributed by atoms with Crippen LogP contribution >= 0.6 is 0 Å². The molecule has 0 heterocycles. The molecular weight excluding hydrogens is 238 g/mol. The first kappa shape index (κ1) is 14.6. The van der Waals surface area contributed by atoms with Crippen LogP contribution in [0.5, 0.6) is 0 Å². The number of nitrogens with one attached hydrogen (secondary N) is 1. The molecule has 1 rings (SSSR count). The van der Waals surface area contributed by atoms with Crippen molar-refractivity contribution in [3.8, 4) is 0 Å². The molecule has 0 aliphatic heterocycles. The molecule has 100 valence electrons. The molecule has 0 saturated carbocycles. The molecule has 3 nitrogen and oxygen atoms in total. The minimum Gasteiger partial charge on any atom is -0.351 e. The number of rotatable bonds is 5. The molecule has 3 N–H and O–H groups in total. The monoisotopic (exact) mass is 256 g/mol. The third-order valence-electron chi connectivity index (χ3n) is 3.01.